The number of anilines is 5. The molecule has 0 spiro atoms. The van der Waals surface area contributed by atoms with Gasteiger partial charge in [-0.05, 0) is 42.8 Å². The summed E-state index contributed by atoms with van der Waals surface area (Å²) in [7, 11) is 0. The summed E-state index contributed by atoms with van der Waals surface area (Å²) in [6.07, 6.45) is 1.46. The van der Waals surface area contributed by atoms with E-state index in [-0.39, 0.29) is 0 Å². The number of nitrogen functional groups attached to an aromatic ring is 1. The van der Waals surface area contributed by atoms with Crippen LogP contribution in [0, 0.1) is 6.92 Å². The first-order valence-corrected chi connectivity index (χ1v) is 8.37. The summed E-state index contributed by atoms with van der Waals surface area (Å²) in [5.41, 5.74) is 9.29. The zero-order valence-electron chi connectivity index (χ0n) is 12.8. The second kappa shape index (κ2) is 7.07. The first kappa shape index (κ1) is 16.5. The minimum Gasteiger partial charge on any atom is -0.393 e. The molecule has 1 heterocycles. The van der Waals surface area contributed by atoms with Gasteiger partial charge in [-0.15, -0.1) is 0 Å². The zero-order chi connectivity index (χ0) is 17.1. The van der Waals surface area contributed by atoms with Crippen molar-refractivity contribution in [3.63, 3.8) is 0 Å². The van der Waals surface area contributed by atoms with Crippen LogP contribution >= 0.6 is 27.5 Å². The molecule has 5 nitrogen and oxygen atoms in total. The molecule has 1 aromatic heterocycles. The van der Waals surface area contributed by atoms with E-state index in [1.54, 1.807) is 0 Å². The van der Waals surface area contributed by atoms with Gasteiger partial charge >= 0.3 is 0 Å². The van der Waals surface area contributed by atoms with E-state index in [1.807, 2.05) is 49.4 Å². The van der Waals surface area contributed by atoms with E-state index in [9.17, 15) is 0 Å². The number of aromatic nitrogens is 2. The van der Waals surface area contributed by atoms with Crippen LogP contribution in [-0.4, -0.2) is 9.97 Å². The fourth-order valence-corrected chi connectivity index (χ4v) is 2.74. The molecule has 3 rings (SSSR count). The number of hydrogen-bond donors (Lipinski definition) is 3. The Hall–Kier alpha value is -2.31. The van der Waals surface area contributed by atoms with Crippen molar-refractivity contribution in [3.05, 3.63) is 63.9 Å². The van der Waals surface area contributed by atoms with Gasteiger partial charge in [-0.3, -0.25) is 0 Å². The maximum atomic E-state index is 6.21. The number of rotatable bonds is 4. The molecule has 0 aliphatic heterocycles. The smallest absolute Gasteiger partial charge is 0.159 e. The molecule has 7 heteroatoms. The summed E-state index contributed by atoms with van der Waals surface area (Å²) in [5, 5.41) is 7.08. The molecule has 0 fully saturated rings. The Bertz CT molecular complexity index is 885. The molecule has 0 amide bonds. The molecule has 0 bridgehead atoms. The Morgan fingerprint density at radius 1 is 1.04 bits per heavy atom. The lowest BCUT2D eigenvalue weighted by Gasteiger charge is -2.14. The summed E-state index contributed by atoms with van der Waals surface area (Å²) in [4.78, 5) is 8.44. The molecular weight excluding hydrogens is 390 g/mol. The molecule has 0 aliphatic rings. The van der Waals surface area contributed by atoms with Crippen LogP contribution in [0.3, 0.4) is 0 Å². The Labute approximate surface area is 153 Å². The first-order chi connectivity index (χ1) is 11.5. The number of hydrogen-bond acceptors (Lipinski definition) is 5. The quantitative estimate of drug-likeness (QED) is 0.552. The van der Waals surface area contributed by atoms with Crippen molar-refractivity contribution in [1.29, 1.82) is 0 Å². The van der Waals surface area contributed by atoms with Gasteiger partial charge in [0.05, 0.1) is 0 Å². The average molecular weight is 405 g/mol. The Balaban J connectivity index is 1.89. The number of nitrogens with zero attached hydrogens (tertiary/aromatic N) is 2. The van der Waals surface area contributed by atoms with Crippen molar-refractivity contribution in [2.45, 2.75) is 6.92 Å². The topological polar surface area (TPSA) is 75.9 Å². The first-order valence-electron chi connectivity index (χ1n) is 7.20. The van der Waals surface area contributed by atoms with E-state index in [0.717, 1.165) is 21.4 Å². The molecule has 24 heavy (non-hydrogen) atoms. The van der Waals surface area contributed by atoms with Crippen LogP contribution in [0.1, 0.15) is 5.56 Å². The van der Waals surface area contributed by atoms with Crippen LogP contribution in [-0.2, 0) is 0 Å². The Morgan fingerprint density at radius 2 is 1.75 bits per heavy atom. The summed E-state index contributed by atoms with van der Waals surface area (Å²) in [6.45, 7) is 1.93. The fraction of sp³-hybridized carbons (Fsp3) is 0.0588. The van der Waals surface area contributed by atoms with Crippen molar-refractivity contribution < 1.29 is 0 Å². The van der Waals surface area contributed by atoms with Gasteiger partial charge < -0.3 is 16.4 Å². The van der Waals surface area contributed by atoms with Gasteiger partial charge in [0.15, 0.2) is 11.6 Å². The lowest BCUT2D eigenvalue weighted by atomic mass is 10.2. The highest BCUT2D eigenvalue weighted by atomic mass is 79.9. The summed E-state index contributed by atoms with van der Waals surface area (Å²) in [6, 6.07) is 13.4. The summed E-state index contributed by atoms with van der Waals surface area (Å²) >= 11 is 9.59. The molecular formula is C17H15BrClN5. The van der Waals surface area contributed by atoms with Crippen LogP contribution in [0.5, 0.6) is 0 Å². The van der Waals surface area contributed by atoms with Crippen molar-refractivity contribution in [3.8, 4) is 0 Å². The van der Waals surface area contributed by atoms with Gasteiger partial charge in [0, 0.05) is 20.9 Å². The molecule has 0 atom stereocenters. The van der Waals surface area contributed by atoms with Crippen LogP contribution < -0.4 is 16.4 Å². The SMILES string of the molecule is Cc1c(Cl)cccc1Nc1ncnc(Nc2cccc(Br)c2)c1N. The lowest BCUT2D eigenvalue weighted by Crippen LogP contribution is -2.05. The molecule has 4 N–H and O–H groups in total. The maximum Gasteiger partial charge on any atom is 0.159 e. The number of nitrogens with two attached hydrogens (primary N) is 1. The predicted molar refractivity (Wildman–Crippen MR) is 103 cm³/mol. The highest BCUT2D eigenvalue weighted by Gasteiger charge is 2.10. The molecule has 0 radical (unpaired) electrons. The largest absolute Gasteiger partial charge is 0.393 e. The lowest BCUT2D eigenvalue weighted by molar-refractivity contribution is 1.17. The van der Waals surface area contributed by atoms with Crippen molar-refractivity contribution in [2.75, 3.05) is 16.4 Å². The van der Waals surface area contributed by atoms with Crippen LogP contribution in [0.2, 0.25) is 5.02 Å². The molecule has 122 valence electrons. The number of halogens is 2. The minimum absolute atomic E-state index is 0.428. The van der Waals surface area contributed by atoms with Crippen LogP contribution in [0.25, 0.3) is 0 Å². The van der Waals surface area contributed by atoms with E-state index < -0.39 is 0 Å². The van der Waals surface area contributed by atoms with Crippen molar-refractivity contribution in [2.24, 2.45) is 0 Å². The average Bonchev–Trinajstić information content (AvgIpc) is 2.55. The highest BCUT2D eigenvalue weighted by molar-refractivity contribution is 9.10. The second-order valence-electron chi connectivity index (χ2n) is 5.16. The Kier molecular flexibility index (Phi) is 4.87. The highest BCUT2D eigenvalue weighted by Crippen LogP contribution is 2.31. The molecule has 0 saturated heterocycles. The van der Waals surface area contributed by atoms with Gasteiger partial charge in [0.1, 0.15) is 12.0 Å². The molecule has 0 saturated carbocycles. The van der Waals surface area contributed by atoms with E-state index in [4.69, 9.17) is 17.3 Å². The van der Waals surface area contributed by atoms with E-state index >= 15 is 0 Å². The third-order valence-corrected chi connectivity index (χ3v) is 4.39. The van der Waals surface area contributed by atoms with E-state index in [1.165, 1.54) is 6.33 Å². The number of nitrogens with one attached hydrogen (secondary N) is 2. The zero-order valence-corrected chi connectivity index (χ0v) is 15.2. The fourth-order valence-electron chi connectivity index (χ4n) is 2.17. The third-order valence-electron chi connectivity index (χ3n) is 3.49. The van der Waals surface area contributed by atoms with E-state index in [2.05, 4.69) is 36.5 Å². The summed E-state index contributed by atoms with van der Waals surface area (Å²) in [5.74, 6) is 1.05. The summed E-state index contributed by atoms with van der Waals surface area (Å²) < 4.78 is 0.966. The van der Waals surface area contributed by atoms with Gasteiger partial charge in [-0.1, -0.05) is 39.7 Å². The molecule has 3 aromatic rings. The van der Waals surface area contributed by atoms with Crippen molar-refractivity contribution in [1.82, 2.24) is 9.97 Å². The monoisotopic (exact) mass is 403 g/mol. The minimum atomic E-state index is 0.428. The second-order valence-corrected chi connectivity index (χ2v) is 6.48. The Morgan fingerprint density at radius 3 is 2.50 bits per heavy atom. The molecule has 0 unspecified atom stereocenters. The van der Waals surface area contributed by atoms with Crippen molar-refractivity contribution >= 4 is 56.2 Å². The van der Waals surface area contributed by atoms with E-state index in [0.29, 0.717) is 22.3 Å². The molecule has 0 aliphatic carbocycles. The van der Waals surface area contributed by atoms with Gasteiger partial charge in [-0.2, -0.15) is 0 Å². The molecule has 2 aromatic carbocycles. The van der Waals surface area contributed by atoms with Gasteiger partial charge in [0.2, 0.25) is 0 Å². The standard InChI is InChI=1S/C17H15BrClN5/c1-10-13(19)6-3-7-14(10)24-17-15(20)16(21-9-22-17)23-12-5-2-4-11(18)8-12/h2-9H,20H2,1H3,(H2,21,22,23,24). The van der Waals surface area contributed by atoms with Crippen LogP contribution in [0.15, 0.2) is 53.3 Å². The maximum absolute atomic E-state index is 6.21. The number of benzene rings is 2. The van der Waals surface area contributed by atoms with Crippen LogP contribution in [0.4, 0.5) is 28.7 Å². The van der Waals surface area contributed by atoms with Gasteiger partial charge in [0.25, 0.3) is 0 Å². The van der Waals surface area contributed by atoms with Gasteiger partial charge in [-0.25, -0.2) is 9.97 Å². The normalized spacial score (nSPS) is 10.5. The third kappa shape index (κ3) is 3.60. The predicted octanol–water partition coefficient (Wildman–Crippen LogP) is 5.27.